The van der Waals surface area contributed by atoms with Crippen LogP contribution in [0.5, 0.6) is 0 Å². The van der Waals surface area contributed by atoms with E-state index in [0.717, 1.165) is 3.79 Å². The van der Waals surface area contributed by atoms with Crippen LogP contribution in [0.25, 0.3) is 0 Å². The molecule has 108 valence electrons. The van der Waals surface area contributed by atoms with Gasteiger partial charge in [-0.25, -0.2) is 0 Å². The molecule has 0 aliphatic carbocycles. The molecule has 2 rings (SSSR count). The molecular weight excluding hydrogens is 350 g/mol. The molecule has 2 unspecified atom stereocenters. The van der Waals surface area contributed by atoms with Gasteiger partial charge >= 0.3 is 11.9 Å². The van der Waals surface area contributed by atoms with E-state index in [1.807, 2.05) is 0 Å². The topological polar surface area (TPSA) is 94.9 Å². The van der Waals surface area contributed by atoms with Crippen LogP contribution < -0.4 is 0 Å². The minimum Gasteiger partial charge on any atom is -0.481 e. The van der Waals surface area contributed by atoms with E-state index in [4.69, 9.17) is 10.2 Å². The van der Waals surface area contributed by atoms with Crippen molar-refractivity contribution in [2.75, 3.05) is 13.1 Å². The highest BCUT2D eigenvalue weighted by Crippen LogP contribution is 2.28. The van der Waals surface area contributed by atoms with E-state index < -0.39 is 23.8 Å². The molecule has 0 saturated carbocycles. The van der Waals surface area contributed by atoms with E-state index in [1.165, 1.54) is 16.2 Å². The molecule has 1 aliphatic rings. The zero-order chi connectivity index (χ0) is 14.9. The number of thiophene rings is 1. The van der Waals surface area contributed by atoms with Crippen LogP contribution in [-0.4, -0.2) is 46.0 Å². The van der Waals surface area contributed by atoms with Crippen LogP contribution >= 0.6 is 27.3 Å². The fourth-order valence-electron chi connectivity index (χ4n) is 2.27. The third-order valence-electron chi connectivity index (χ3n) is 3.32. The Labute approximate surface area is 127 Å². The predicted molar refractivity (Wildman–Crippen MR) is 74.8 cm³/mol. The molecule has 20 heavy (non-hydrogen) atoms. The van der Waals surface area contributed by atoms with Crippen molar-refractivity contribution < 1.29 is 24.6 Å². The normalized spacial score (nSPS) is 22.6. The predicted octanol–water partition coefficient (Wildman–Crippen LogP) is 1.76. The van der Waals surface area contributed by atoms with E-state index >= 15 is 0 Å². The standard InChI is InChI=1S/C12H12BrNO5S/c13-9-2-1-8(20-9)10(15)14-4-3-6(11(16)17)7(5-14)12(18)19/h1-2,6-7H,3-5H2,(H,16,17)(H,18,19). The van der Waals surface area contributed by atoms with E-state index in [-0.39, 0.29) is 25.4 Å². The molecule has 1 aromatic heterocycles. The molecule has 6 nitrogen and oxygen atoms in total. The number of piperidine rings is 1. The molecule has 2 heterocycles. The molecule has 1 amide bonds. The lowest BCUT2D eigenvalue weighted by Crippen LogP contribution is -2.48. The van der Waals surface area contributed by atoms with Gasteiger partial charge in [-0.15, -0.1) is 11.3 Å². The fraction of sp³-hybridized carbons (Fsp3) is 0.417. The van der Waals surface area contributed by atoms with Gasteiger partial charge in [0.2, 0.25) is 0 Å². The maximum atomic E-state index is 12.2. The van der Waals surface area contributed by atoms with Crippen LogP contribution in [0.15, 0.2) is 15.9 Å². The molecule has 0 radical (unpaired) electrons. The number of carboxylic acid groups (broad SMARTS) is 2. The Morgan fingerprint density at radius 3 is 2.35 bits per heavy atom. The van der Waals surface area contributed by atoms with Gasteiger partial charge in [-0.05, 0) is 34.5 Å². The number of halogens is 1. The highest BCUT2D eigenvalue weighted by Gasteiger charge is 2.40. The Morgan fingerprint density at radius 1 is 1.20 bits per heavy atom. The Morgan fingerprint density at radius 2 is 1.85 bits per heavy atom. The average molecular weight is 362 g/mol. The number of amides is 1. The smallest absolute Gasteiger partial charge is 0.309 e. The monoisotopic (exact) mass is 361 g/mol. The summed E-state index contributed by atoms with van der Waals surface area (Å²) in [5.41, 5.74) is 0. The molecule has 1 fully saturated rings. The van der Waals surface area contributed by atoms with Crippen molar-refractivity contribution in [3.05, 3.63) is 20.8 Å². The number of nitrogens with zero attached hydrogens (tertiary/aromatic N) is 1. The van der Waals surface area contributed by atoms with E-state index in [9.17, 15) is 14.4 Å². The summed E-state index contributed by atoms with van der Waals surface area (Å²) < 4.78 is 0.816. The van der Waals surface area contributed by atoms with Crippen LogP contribution in [0.4, 0.5) is 0 Å². The molecule has 0 spiro atoms. The fourth-order valence-corrected chi connectivity index (χ4v) is 3.62. The summed E-state index contributed by atoms with van der Waals surface area (Å²) in [6.45, 7) is 0.190. The first-order chi connectivity index (χ1) is 9.40. The van der Waals surface area contributed by atoms with Crippen molar-refractivity contribution in [2.45, 2.75) is 6.42 Å². The summed E-state index contributed by atoms with van der Waals surface area (Å²) in [6.07, 6.45) is 0.157. The summed E-state index contributed by atoms with van der Waals surface area (Å²) in [4.78, 5) is 36.4. The maximum Gasteiger partial charge on any atom is 0.309 e. The number of carboxylic acids is 2. The lowest BCUT2D eigenvalue weighted by molar-refractivity contribution is -0.156. The van der Waals surface area contributed by atoms with Crippen LogP contribution in [-0.2, 0) is 9.59 Å². The van der Waals surface area contributed by atoms with Gasteiger partial charge in [0, 0.05) is 13.1 Å². The Balaban J connectivity index is 2.14. The van der Waals surface area contributed by atoms with E-state index in [1.54, 1.807) is 12.1 Å². The average Bonchev–Trinajstić information content (AvgIpc) is 2.83. The van der Waals surface area contributed by atoms with Gasteiger partial charge in [-0.3, -0.25) is 14.4 Å². The molecule has 8 heteroatoms. The van der Waals surface area contributed by atoms with Gasteiger partial charge in [0.1, 0.15) is 0 Å². The first-order valence-corrected chi connectivity index (χ1v) is 7.51. The summed E-state index contributed by atoms with van der Waals surface area (Å²) in [5.74, 6) is -4.55. The Hall–Kier alpha value is -1.41. The van der Waals surface area contributed by atoms with Crippen molar-refractivity contribution in [1.82, 2.24) is 4.90 Å². The number of hydrogen-bond acceptors (Lipinski definition) is 4. The van der Waals surface area contributed by atoms with Gasteiger partial charge in [-0.2, -0.15) is 0 Å². The molecule has 1 aliphatic heterocycles. The highest BCUT2D eigenvalue weighted by atomic mass is 79.9. The molecule has 2 N–H and O–H groups in total. The van der Waals surface area contributed by atoms with E-state index in [0.29, 0.717) is 4.88 Å². The van der Waals surface area contributed by atoms with Crippen molar-refractivity contribution in [1.29, 1.82) is 0 Å². The largest absolute Gasteiger partial charge is 0.481 e. The SMILES string of the molecule is O=C(O)C1CCN(C(=O)c2ccc(Br)s2)CC1C(=O)O. The van der Waals surface area contributed by atoms with E-state index in [2.05, 4.69) is 15.9 Å². The zero-order valence-corrected chi connectivity index (χ0v) is 12.7. The summed E-state index contributed by atoms with van der Waals surface area (Å²) in [6, 6.07) is 3.41. The summed E-state index contributed by atoms with van der Waals surface area (Å²) in [5, 5.41) is 18.2. The first-order valence-electron chi connectivity index (χ1n) is 5.90. The number of carbonyl (C=O) groups excluding carboxylic acids is 1. The maximum absolute atomic E-state index is 12.2. The Kier molecular flexibility index (Phi) is 4.44. The molecule has 1 saturated heterocycles. The second-order valence-corrected chi connectivity index (χ2v) is 7.00. The quantitative estimate of drug-likeness (QED) is 0.855. The number of rotatable bonds is 3. The van der Waals surface area contributed by atoms with Crippen LogP contribution in [0.1, 0.15) is 16.1 Å². The summed E-state index contributed by atoms with van der Waals surface area (Å²) in [7, 11) is 0. The minimum atomic E-state index is -1.18. The second-order valence-electron chi connectivity index (χ2n) is 4.53. The van der Waals surface area contributed by atoms with Gasteiger partial charge in [0.15, 0.2) is 0 Å². The molecule has 2 atom stereocenters. The van der Waals surface area contributed by atoms with Crippen LogP contribution in [0.3, 0.4) is 0 Å². The molecule has 0 aromatic carbocycles. The number of hydrogen-bond donors (Lipinski definition) is 2. The van der Waals surface area contributed by atoms with Crippen LogP contribution in [0.2, 0.25) is 0 Å². The van der Waals surface area contributed by atoms with Crippen molar-refractivity contribution in [3.8, 4) is 0 Å². The van der Waals surface area contributed by atoms with Gasteiger partial charge in [-0.1, -0.05) is 0 Å². The Bertz CT molecular complexity index is 558. The number of likely N-dealkylation sites (tertiary alicyclic amines) is 1. The lowest BCUT2D eigenvalue weighted by atomic mass is 9.85. The number of aliphatic carboxylic acids is 2. The minimum absolute atomic E-state index is 0.0688. The van der Waals surface area contributed by atoms with Crippen molar-refractivity contribution >= 4 is 45.1 Å². The second kappa shape index (κ2) is 5.92. The number of carbonyl (C=O) groups is 3. The van der Waals surface area contributed by atoms with Crippen molar-refractivity contribution in [3.63, 3.8) is 0 Å². The van der Waals surface area contributed by atoms with Crippen molar-refractivity contribution in [2.24, 2.45) is 11.8 Å². The summed E-state index contributed by atoms with van der Waals surface area (Å²) >= 11 is 4.53. The van der Waals surface area contributed by atoms with Crippen LogP contribution in [0, 0.1) is 11.8 Å². The zero-order valence-electron chi connectivity index (χ0n) is 10.3. The molecule has 0 bridgehead atoms. The van der Waals surface area contributed by atoms with Gasteiger partial charge in [0.25, 0.3) is 5.91 Å². The third kappa shape index (κ3) is 3.01. The highest BCUT2D eigenvalue weighted by molar-refractivity contribution is 9.11. The molecular formula is C12H12BrNO5S. The lowest BCUT2D eigenvalue weighted by Gasteiger charge is -2.34. The molecule has 1 aromatic rings. The third-order valence-corrected chi connectivity index (χ3v) is 4.93. The first kappa shape index (κ1) is 15.0. The van der Waals surface area contributed by atoms with Gasteiger partial charge in [0.05, 0.1) is 20.5 Å². The van der Waals surface area contributed by atoms with Gasteiger partial charge < -0.3 is 15.1 Å².